The summed E-state index contributed by atoms with van der Waals surface area (Å²) in [7, 11) is 1.85. The zero-order valence-electron chi connectivity index (χ0n) is 12.2. The fraction of sp³-hybridized carbons (Fsp3) is 0.929. The molecule has 1 aliphatic carbocycles. The second-order valence-corrected chi connectivity index (χ2v) is 6.57. The summed E-state index contributed by atoms with van der Waals surface area (Å²) >= 11 is 1.99. The SMILES string of the molecule is CN=C(NCCC1CCCO1)NC1CCC(SC)C1. The maximum absolute atomic E-state index is 5.63. The van der Waals surface area contributed by atoms with Gasteiger partial charge >= 0.3 is 0 Å². The maximum atomic E-state index is 5.63. The quantitative estimate of drug-likeness (QED) is 0.599. The zero-order valence-corrected chi connectivity index (χ0v) is 13.0. The molecular formula is C14H27N3OS. The van der Waals surface area contributed by atoms with Gasteiger partial charge in [-0.3, -0.25) is 4.99 Å². The summed E-state index contributed by atoms with van der Waals surface area (Å²) in [5, 5.41) is 7.77. The molecule has 0 aromatic carbocycles. The second kappa shape index (κ2) is 8.00. The van der Waals surface area contributed by atoms with Gasteiger partial charge in [-0.1, -0.05) is 0 Å². The summed E-state index contributed by atoms with van der Waals surface area (Å²) in [6, 6.07) is 0.589. The number of rotatable bonds is 5. The van der Waals surface area contributed by atoms with Crippen molar-refractivity contribution >= 4 is 17.7 Å². The van der Waals surface area contributed by atoms with Crippen LogP contribution in [0.1, 0.15) is 38.5 Å². The molecule has 5 heteroatoms. The Morgan fingerprint density at radius 2 is 2.26 bits per heavy atom. The van der Waals surface area contributed by atoms with Crippen LogP contribution in [0.2, 0.25) is 0 Å². The third-order valence-corrected chi connectivity index (χ3v) is 5.16. The minimum Gasteiger partial charge on any atom is -0.378 e. The molecule has 1 saturated carbocycles. The molecule has 3 atom stereocenters. The van der Waals surface area contributed by atoms with Crippen molar-refractivity contribution in [3.8, 4) is 0 Å². The summed E-state index contributed by atoms with van der Waals surface area (Å²) in [5.74, 6) is 0.949. The van der Waals surface area contributed by atoms with E-state index in [1.807, 2.05) is 18.8 Å². The van der Waals surface area contributed by atoms with E-state index in [0.29, 0.717) is 12.1 Å². The minimum absolute atomic E-state index is 0.456. The summed E-state index contributed by atoms with van der Waals surface area (Å²) < 4.78 is 5.63. The molecule has 0 bridgehead atoms. The Labute approximate surface area is 121 Å². The minimum atomic E-state index is 0.456. The van der Waals surface area contributed by atoms with Crippen LogP contribution in [0.4, 0.5) is 0 Å². The van der Waals surface area contributed by atoms with Crippen LogP contribution in [-0.4, -0.2) is 49.8 Å². The molecule has 19 heavy (non-hydrogen) atoms. The smallest absolute Gasteiger partial charge is 0.191 e. The zero-order chi connectivity index (χ0) is 13.5. The highest BCUT2D eigenvalue weighted by atomic mass is 32.2. The molecule has 110 valence electrons. The fourth-order valence-electron chi connectivity index (χ4n) is 2.90. The Hall–Kier alpha value is -0.420. The van der Waals surface area contributed by atoms with E-state index in [4.69, 9.17) is 4.74 Å². The van der Waals surface area contributed by atoms with Crippen LogP contribution in [-0.2, 0) is 4.74 Å². The van der Waals surface area contributed by atoms with Gasteiger partial charge in [-0.25, -0.2) is 0 Å². The predicted octanol–water partition coefficient (Wildman–Crippen LogP) is 2.00. The summed E-state index contributed by atoms with van der Waals surface area (Å²) in [6.07, 6.45) is 10.0. The van der Waals surface area contributed by atoms with E-state index in [1.165, 1.54) is 32.1 Å². The van der Waals surface area contributed by atoms with E-state index in [-0.39, 0.29) is 0 Å². The highest BCUT2D eigenvalue weighted by molar-refractivity contribution is 7.99. The van der Waals surface area contributed by atoms with E-state index in [2.05, 4.69) is 21.9 Å². The number of hydrogen-bond acceptors (Lipinski definition) is 3. The number of nitrogens with zero attached hydrogens (tertiary/aromatic N) is 1. The Kier molecular flexibility index (Phi) is 6.31. The summed E-state index contributed by atoms with van der Waals surface area (Å²) in [6.45, 7) is 1.89. The largest absolute Gasteiger partial charge is 0.378 e. The lowest BCUT2D eigenvalue weighted by Gasteiger charge is -2.18. The summed E-state index contributed by atoms with van der Waals surface area (Å²) in [4.78, 5) is 4.31. The van der Waals surface area contributed by atoms with Crippen molar-refractivity contribution in [2.24, 2.45) is 4.99 Å². The van der Waals surface area contributed by atoms with Crippen molar-refractivity contribution in [2.45, 2.75) is 55.9 Å². The van der Waals surface area contributed by atoms with Gasteiger partial charge in [0.2, 0.25) is 0 Å². The van der Waals surface area contributed by atoms with Gasteiger partial charge in [0, 0.05) is 31.5 Å². The molecule has 2 N–H and O–H groups in total. The standard InChI is InChI=1S/C14H27N3OS/c1-15-14(16-8-7-12-4-3-9-18-12)17-11-5-6-13(10-11)19-2/h11-13H,3-10H2,1-2H3,(H2,15,16,17). The first kappa shape index (κ1) is 15.0. The molecule has 2 fully saturated rings. The molecule has 0 aromatic heterocycles. The topological polar surface area (TPSA) is 45.7 Å². The van der Waals surface area contributed by atoms with Crippen molar-refractivity contribution in [3.63, 3.8) is 0 Å². The van der Waals surface area contributed by atoms with Crippen LogP contribution in [0.5, 0.6) is 0 Å². The number of hydrogen-bond donors (Lipinski definition) is 2. The van der Waals surface area contributed by atoms with Crippen LogP contribution < -0.4 is 10.6 Å². The van der Waals surface area contributed by atoms with Gasteiger partial charge in [-0.05, 0) is 44.8 Å². The molecule has 1 saturated heterocycles. The monoisotopic (exact) mass is 285 g/mol. The van der Waals surface area contributed by atoms with Gasteiger partial charge in [-0.2, -0.15) is 11.8 Å². The van der Waals surface area contributed by atoms with Gasteiger partial charge in [0.05, 0.1) is 6.10 Å². The molecule has 1 heterocycles. The number of thioether (sulfide) groups is 1. The van der Waals surface area contributed by atoms with E-state index in [0.717, 1.165) is 30.8 Å². The van der Waals surface area contributed by atoms with E-state index in [9.17, 15) is 0 Å². The first-order valence-corrected chi connectivity index (χ1v) is 8.72. The molecule has 4 nitrogen and oxygen atoms in total. The highest BCUT2D eigenvalue weighted by Crippen LogP contribution is 2.27. The van der Waals surface area contributed by atoms with Crippen LogP contribution in [0.15, 0.2) is 4.99 Å². The van der Waals surface area contributed by atoms with Crippen molar-refractivity contribution in [1.82, 2.24) is 10.6 Å². The molecule has 0 amide bonds. The lowest BCUT2D eigenvalue weighted by Crippen LogP contribution is -2.43. The van der Waals surface area contributed by atoms with E-state index >= 15 is 0 Å². The lowest BCUT2D eigenvalue weighted by molar-refractivity contribution is 0.105. The number of aliphatic imine (C=N–C) groups is 1. The molecular weight excluding hydrogens is 258 g/mol. The Morgan fingerprint density at radius 1 is 1.37 bits per heavy atom. The van der Waals surface area contributed by atoms with E-state index in [1.54, 1.807) is 0 Å². The molecule has 0 radical (unpaired) electrons. The molecule has 1 aliphatic heterocycles. The highest BCUT2D eigenvalue weighted by Gasteiger charge is 2.24. The van der Waals surface area contributed by atoms with E-state index < -0.39 is 0 Å². The third-order valence-electron chi connectivity index (χ3n) is 4.07. The van der Waals surface area contributed by atoms with Crippen LogP contribution >= 0.6 is 11.8 Å². The Balaban J connectivity index is 1.63. The second-order valence-electron chi connectivity index (χ2n) is 5.43. The van der Waals surface area contributed by atoms with Crippen LogP contribution in [0.25, 0.3) is 0 Å². The van der Waals surface area contributed by atoms with Crippen molar-refractivity contribution in [1.29, 1.82) is 0 Å². The average molecular weight is 285 g/mol. The molecule has 0 aromatic rings. The van der Waals surface area contributed by atoms with Crippen LogP contribution in [0.3, 0.4) is 0 Å². The van der Waals surface area contributed by atoms with Crippen molar-refractivity contribution in [3.05, 3.63) is 0 Å². The van der Waals surface area contributed by atoms with Gasteiger partial charge in [-0.15, -0.1) is 0 Å². The molecule has 2 rings (SSSR count). The maximum Gasteiger partial charge on any atom is 0.191 e. The fourth-order valence-corrected chi connectivity index (χ4v) is 3.69. The van der Waals surface area contributed by atoms with Crippen molar-refractivity contribution < 1.29 is 4.74 Å². The molecule has 0 spiro atoms. The Morgan fingerprint density at radius 3 is 2.89 bits per heavy atom. The van der Waals surface area contributed by atoms with Gasteiger partial charge in [0.1, 0.15) is 0 Å². The van der Waals surface area contributed by atoms with Gasteiger partial charge in [0.15, 0.2) is 5.96 Å². The van der Waals surface area contributed by atoms with Gasteiger partial charge in [0.25, 0.3) is 0 Å². The normalized spacial score (nSPS) is 31.7. The first-order valence-electron chi connectivity index (χ1n) is 7.43. The van der Waals surface area contributed by atoms with Gasteiger partial charge < -0.3 is 15.4 Å². The summed E-state index contributed by atoms with van der Waals surface area (Å²) in [5.41, 5.74) is 0. The Bertz CT molecular complexity index is 292. The lowest BCUT2D eigenvalue weighted by atomic mass is 10.2. The number of nitrogens with one attached hydrogen (secondary N) is 2. The van der Waals surface area contributed by atoms with Crippen LogP contribution in [0, 0.1) is 0 Å². The predicted molar refractivity (Wildman–Crippen MR) is 83.0 cm³/mol. The van der Waals surface area contributed by atoms with Crippen molar-refractivity contribution in [2.75, 3.05) is 26.5 Å². The molecule has 3 unspecified atom stereocenters. The number of guanidine groups is 1. The molecule has 2 aliphatic rings. The average Bonchev–Trinajstić information content (AvgIpc) is 3.08. The first-order chi connectivity index (χ1) is 9.31. The number of ether oxygens (including phenoxy) is 1. The third kappa shape index (κ3) is 4.88.